The van der Waals surface area contributed by atoms with Crippen molar-refractivity contribution in [1.29, 1.82) is 0 Å². The van der Waals surface area contributed by atoms with Gasteiger partial charge < -0.3 is 9.15 Å². The number of non-ortho nitro benzene ring substituents is 1. The quantitative estimate of drug-likeness (QED) is 0.487. The molecule has 1 heterocycles. The summed E-state index contributed by atoms with van der Waals surface area (Å²) in [6, 6.07) is 10.0. The lowest BCUT2D eigenvalue weighted by Gasteiger charge is -2.12. The van der Waals surface area contributed by atoms with Crippen molar-refractivity contribution in [2.75, 3.05) is 11.8 Å². The molecule has 3 rings (SSSR count). The molecule has 0 bridgehead atoms. The number of rotatable bonds is 6. The van der Waals surface area contributed by atoms with Crippen LogP contribution in [-0.2, 0) is 10.0 Å². The van der Waals surface area contributed by atoms with Gasteiger partial charge in [0.15, 0.2) is 0 Å². The zero-order chi connectivity index (χ0) is 20.5. The molecule has 1 aromatic heterocycles. The summed E-state index contributed by atoms with van der Waals surface area (Å²) in [6.45, 7) is 1.70. The van der Waals surface area contributed by atoms with Gasteiger partial charge in [-0.15, -0.1) is 0 Å². The summed E-state index contributed by atoms with van der Waals surface area (Å²) in [5.41, 5.74) is -0.351. The molecule has 146 valence electrons. The van der Waals surface area contributed by atoms with Crippen molar-refractivity contribution in [3.05, 3.63) is 70.2 Å². The van der Waals surface area contributed by atoms with Crippen LogP contribution < -0.4 is 9.46 Å². The number of nitrogens with zero attached hydrogens (tertiary/aromatic N) is 1. The molecule has 3 aromatic rings. The number of halogens is 1. The number of furan rings is 1. The minimum absolute atomic E-state index is 0.0809. The van der Waals surface area contributed by atoms with E-state index in [1.54, 1.807) is 19.1 Å². The van der Waals surface area contributed by atoms with E-state index >= 15 is 0 Å². The first kappa shape index (κ1) is 19.4. The maximum Gasteiger partial charge on any atom is 0.271 e. The van der Waals surface area contributed by atoms with E-state index < -0.39 is 20.8 Å². The lowest BCUT2D eigenvalue weighted by atomic mass is 10.1. The predicted molar refractivity (Wildman–Crippen MR) is 99.3 cm³/mol. The Morgan fingerprint density at radius 2 is 1.89 bits per heavy atom. The standard InChI is InChI=1S/C18H15FN2O6S/c1-11-3-7-17(27-11)14-6-5-13(10-15(14)19)28(24,25)20-16-9-12(21(22)23)4-8-18(16)26-2/h3-10,20H,1-2H3. The number of hydrogen-bond donors (Lipinski definition) is 1. The number of aryl methyl sites for hydroxylation is 1. The van der Waals surface area contributed by atoms with Crippen LogP contribution in [0.3, 0.4) is 0 Å². The highest BCUT2D eigenvalue weighted by Crippen LogP contribution is 2.32. The average molecular weight is 406 g/mol. The van der Waals surface area contributed by atoms with E-state index in [0.29, 0.717) is 5.76 Å². The van der Waals surface area contributed by atoms with Crippen LogP contribution >= 0.6 is 0 Å². The average Bonchev–Trinajstić information content (AvgIpc) is 3.07. The third-order valence-corrected chi connectivity index (χ3v) is 5.26. The van der Waals surface area contributed by atoms with Crippen LogP contribution in [0.4, 0.5) is 15.8 Å². The van der Waals surface area contributed by atoms with Gasteiger partial charge in [-0.1, -0.05) is 0 Å². The molecule has 0 spiro atoms. The lowest BCUT2D eigenvalue weighted by molar-refractivity contribution is -0.384. The van der Waals surface area contributed by atoms with Crippen LogP contribution in [0.5, 0.6) is 5.75 Å². The van der Waals surface area contributed by atoms with Gasteiger partial charge in [0.05, 0.1) is 28.2 Å². The second kappa shape index (κ2) is 7.31. The fraction of sp³-hybridized carbons (Fsp3) is 0.111. The van der Waals surface area contributed by atoms with Crippen LogP contribution in [0.2, 0.25) is 0 Å². The summed E-state index contributed by atoms with van der Waals surface area (Å²) < 4.78 is 52.3. The van der Waals surface area contributed by atoms with Gasteiger partial charge >= 0.3 is 0 Å². The van der Waals surface area contributed by atoms with Crippen molar-refractivity contribution < 1.29 is 26.9 Å². The number of anilines is 1. The molecule has 1 N–H and O–H groups in total. The fourth-order valence-electron chi connectivity index (χ4n) is 2.54. The van der Waals surface area contributed by atoms with E-state index in [0.717, 1.165) is 12.1 Å². The highest BCUT2D eigenvalue weighted by Gasteiger charge is 2.21. The number of methoxy groups -OCH3 is 1. The Balaban J connectivity index is 1.97. The number of sulfonamides is 1. The number of benzene rings is 2. The summed E-state index contributed by atoms with van der Waals surface area (Å²) in [5, 5.41) is 10.9. The SMILES string of the molecule is COc1ccc([N+](=O)[O-])cc1NS(=O)(=O)c1ccc(-c2ccc(C)o2)c(F)c1. The normalized spacial score (nSPS) is 11.2. The Kier molecular flexibility index (Phi) is 5.06. The van der Waals surface area contributed by atoms with E-state index in [1.165, 1.54) is 31.4 Å². The monoisotopic (exact) mass is 406 g/mol. The molecule has 28 heavy (non-hydrogen) atoms. The van der Waals surface area contributed by atoms with Gasteiger partial charge in [0, 0.05) is 12.1 Å². The Hall–Kier alpha value is -3.40. The Bertz CT molecular complexity index is 1160. The molecule has 0 aliphatic carbocycles. The van der Waals surface area contributed by atoms with Crippen molar-refractivity contribution >= 4 is 21.4 Å². The first-order valence-electron chi connectivity index (χ1n) is 7.93. The molecule has 0 radical (unpaired) electrons. The molecule has 0 amide bonds. The van der Waals surface area contributed by atoms with E-state index in [-0.39, 0.29) is 33.3 Å². The zero-order valence-electron chi connectivity index (χ0n) is 14.8. The van der Waals surface area contributed by atoms with Crippen molar-refractivity contribution in [1.82, 2.24) is 0 Å². The first-order chi connectivity index (χ1) is 13.2. The number of nitrogens with one attached hydrogen (secondary N) is 1. The lowest BCUT2D eigenvalue weighted by Crippen LogP contribution is -2.14. The van der Waals surface area contributed by atoms with Gasteiger partial charge in [-0.25, -0.2) is 12.8 Å². The minimum Gasteiger partial charge on any atom is -0.495 e. The van der Waals surface area contributed by atoms with Gasteiger partial charge in [-0.3, -0.25) is 14.8 Å². The van der Waals surface area contributed by atoms with Crippen molar-refractivity contribution in [3.63, 3.8) is 0 Å². The van der Waals surface area contributed by atoms with Crippen LogP contribution in [-0.4, -0.2) is 20.5 Å². The molecule has 0 aliphatic rings. The predicted octanol–water partition coefficient (Wildman–Crippen LogP) is 4.11. The van der Waals surface area contributed by atoms with Crippen molar-refractivity contribution in [2.24, 2.45) is 0 Å². The molecule has 0 unspecified atom stereocenters. The van der Waals surface area contributed by atoms with Gasteiger partial charge in [0.2, 0.25) is 0 Å². The number of ether oxygens (including phenoxy) is 1. The van der Waals surface area contributed by atoms with Gasteiger partial charge in [-0.2, -0.15) is 0 Å². The maximum absolute atomic E-state index is 14.5. The second-order valence-corrected chi connectivity index (χ2v) is 7.48. The first-order valence-corrected chi connectivity index (χ1v) is 9.41. The topological polar surface area (TPSA) is 112 Å². The number of hydrogen-bond acceptors (Lipinski definition) is 6. The summed E-state index contributed by atoms with van der Waals surface area (Å²) in [5.74, 6) is 0.151. The number of nitro benzene ring substituents is 1. The van der Waals surface area contributed by atoms with Crippen LogP contribution in [0, 0.1) is 22.9 Å². The van der Waals surface area contributed by atoms with Gasteiger partial charge in [0.25, 0.3) is 15.7 Å². The molecule has 0 saturated carbocycles. The molecular formula is C18H15FN2O6S. The molecular weight excluding hydrogens is 391 g/mol. The number of nitro groups is 1. The molecule has 10 heteroatoms. The molecule has 0 fully saturated rings. The second-order valence-electron chi connectivity index (χ2n) is 5.80. The van der Waals surface area contributed by atoms with E-state index in [4.69, 9.17) is 9.15 Å². The zero-order valence-corrected chi connectivity index (χ0v) is 15.6. The van der Waals surface area contributed by atoms with E-state index in [9.17, 15) is 22.9 Å². The third-order valence-electron chi connectivity index (χ3n) is 3.89. The largest absolute Gasteiger partial charge is 0.495 e. The minimum atomic E-state index is -4.23. The Morgan fingerprint density at radius 1 is 1.14 bits per heavy atom. The van der Waals surface area contributed by atoms with Crippen molar-refractivity contribution in [2.45, 2.75) is 11.8 Å². The molecule has 0 aliphatic heterocycles. The molecule has 0 atom stereocenters. The Labute approximate surface area is 159 Å². The third kappa shape index (κ3) is 3.81. The highest BCUT2D eigenvalue weighted by atomic mass is 32.2. The van der Waals surface area contributed by atoms with Crippen LogP contribution in [0.25, 0.3) is 11.3 Å². The van der Waals surface area contributed by atoms with Crippen LogP contribution in [0.15, 0.2) is 57.8 Å². The van der Waals surface area contributed by atoms with E-state index in [1.807, 2.05) is 0 Å². The smallest absolute Gasteiger partial charge is 0.271 e. The summed E-state index contributed by atoms with van der Waals surface area (Å²) in [7, 11) is -2.94. The maximum atomic E-state index is 14.5. The molecule has 2 aromatic carbocycles. The summed E-state index contributed by atoms with van der Waals surface area (Å²) in [6.07, 6.45) is 0. The van der Waals surface area contributed by atoms with Crippen molar-refractivity contribution in [3.8, 4) is 17.1 Å². The Morgan fingerprint density at radius 3 is 2.46 bits per heavy atom. The fourth-order valence-corrected chi connectivity index (χ4v) is 3.61. The summed E-state index contributed by atoms with van der Waals surface area (Å²) >= 11 is 0. The highest BCUT2D eigenvalue weighted by molar-refractivity contribution is 7.92. The molecule has 0 saturated heterocycles. The van der Waals surface area contributed by atoms with Gasteiger partial charge in [0.1, 0.15) is 23.1 Å². The molecule has 8 nitrogen and oxygen atoms in total. The van der Waals surface area contributed by atoms with E-state index in [2.05, 4.69) is 4.72 Å². The van der Waals surface area contributed by atoms with Gasteiger partial charge in [-0.05, 0) is 43.3 Å². The van der Waals surface area contributed by atoms with Crippen LogP contribution in [0.1, 0.15) is 5.76 Å². The summed E-state index contributed by atoms with van der Waals surface area (Å²) in [4.78, 5) is 9.91.